The molecule has 3 nitrogen and oxygen atoms in total. The molecule has 0 saturated heterocycles. The lowest BCUT2D eigenvalue weighted by molar-refractivity contribution is 0.0381. The Morgan fingerprint density at radius 2 is 1.92 bits per heavy atom. The van der Waals surface area contributed by atoms with Crippen LogP contribution in [0, 0.1) is 0 Å². The van der Waals surface area contributed by atoms with E-state index < -0.39 is 5.60 Å². The average molecular weight is 189 g/mol. The summed E-state index contributed by atoms with van der Waals surface area (Å²) in [6.45, 7) is 8.04. The summed E-state index contributed by atoms with van der Waals surface area (Å²) in [7, 11) is 0. The van der Waals surface area contributed by atoms with Crippen LogP contribution in [-0.2, 0) is 0 Å². The molecule has 0 aliphatic carbocycles. The van der Waals surface area contributed by atoms with Crippen molar-refractivity contribution < 1.29 is 10.2 Å². The summed E-state index contributed by atoms with van der Waals surface area (Å²) in [6, 6.07) is -0.000920. The fourth-order valence-electron chi connectivity index (χ4n) is 0.998. The maximum atomic E-state index is 9.58. The molecule has 0 bridgehead atoms. The summed E-state index contributed by atoms with van der Waals surface area (Å²) < 4.78 is 0. The molecule has 0 fully saturated rings. The van der Waals surface area contributed by atoms with Crippen LogP contribution >= 0.6 is 0 Å². The lowest BCUT2D eigenvalue weighted by atomic mass is 10.0. The smallest absolute Gasteiger partial charge is 0.0741 e. The van der Waals surface area contributed by atoms with E-state index in [9.17, 15) is 10.2 Å². The quantitative estimate of drug-likeness (QED) is 0.582. The van der Waals surface area contributed by atoms with E-state index in [2.05, 4.69) is 5.32 Å². The van der Waals surface area contributed by atoms with Crippen LogP contribution in [0.1, 0.15) is 40.5 Å². The first kappa shape index (κ1) is 12.9. The van der Waals surface area contributed by atoms with Crippen LogP contribution in [0.3, 0.4) is 0 Å². The summed E-state index contributed by atoms with van der Waals surface area (Å²) in [5, 5.41) is 22.1. The van der Waals surface area contributed by atoms with Gasteiger partial charge < -0.3 is 15.5 Å². The Morgan fingerprint density at radius 1 is 1.38 bits per heavy atom. The molecule has 13 heavy (non-hydrogen) atoms. The topological polar surface area (TPSA) is 52.5 Å². The second-order valence-electron chi connectivity index (χ2n) is 4.23. The Kier molecular flexibility index (Phi) is 5.53. The highest BCUT2D eigenvalue weighted by molar-refractivity contribution is 4.80. The minimum absolute atomic E-state index is 0.000920. The molecule has 3 N–H and O–H groups in total. The number of hydrogen-bond acceptors (Lipinski definition) is 3. The molecule has 0 amide bonds. The largest absolute Gasteiger partial charge is 0.392 e. The van der Waals surface area contributed by atoms with E-state index in [4.69, 9.17) is 0 Å². The minimum Gasteiger partial charge on any atom is -0.392 e. The third kappa shape index (κ3) is 6.02. The third-order valence-electron chi connectivity index (χ3n) is 2.34. The molecule has 0 aromatic heterocycles. The van der Waals surface area contributed by atoms with Crippen molar-refractivity contribution in [2.45, 2.75) is 58.3 Å². The second kappa shape index (κ2) is 5.58. The van der Waals surface area contributed by atoms with Crippen molar-refractivity contribution in [2.75, 3.05) is 6.54 Å². The zero-order valence-corrected chi connectivity index (χ0v) is 9.17. The Bertz CT molecular complexity index is 131. The number of nitrogens with one attached hydrogen (secondary N) is 1. The summed E-state index contributed by atoms with van der Waals surface area (Å²) in [5.41, 5.74) is -0.730. The first-order valence-electron chi connectivity index (χ1n) is 5.01. The van der Waals surface area contributed by atoms with Gasteiger partial charge in [-0.25, -0.2) is 0 Å². The van der Waals surface area contributed by atoms with Crippen molar-refractivity contribution in [3.63, 3.8) is 0 Å². The van der Waals surface area contributed by atoms with Crippen LogP contribution in [0.2, 0.25) is 0 Å². The SMILES string of the molecule is CCCC(O)CNC(C)C(C)(C)O. The summed E-state index contributed by atoms with van der Waals surface area (Å²) in [6.07, 6.45) is 1.50. The molecule has 0 rings (SSSR count). The molecule has 0 aromatic rings. The molecule has 2 unspecified atom stereocenters. The minimum atomic E-state index is -0.730. The summed E-state index contributed by atoms with van der Waals surface area (Å²) in [5.74, 6) is 0. The van der Waals surface area contributed by atoms with Crippen LogP contribution in [0.25, 0.3) is 0 Å². The van der Waals surface area contributed by atoms with Crippen LogP contribution in [0.15, 0.2) is 0 Å². The zero-order chi connectivity index (χ0) is 10.5. The molecule has 0 aliphatic rings. The van der Waals surface area contributed by atoms with E-state index in [0.717, 1.165) is 12.8 Å². The van der Waals surface area contributed by atoms with Gasteiger partial charge in [0.25, 0.3) is 0 Å². The van der Waals surface area contributed by atoms with Crippen LogP contribution in [0.4, 0.5) is 0 Å². The van der Waals surface area contributed by atoms with Gasteiger partial charge in [-0.05, 0) is 27.2 Å². The van der Waals surface area contributed by atoms with Crippen molar-refractivity contribution in [3.05, 3.63) is 0 Å². The van der Waals surface area contributed by atoms with Gasteiger partial charge in [-0.2, -0.15) is 0 Å². The van der Waals surface area contributed by atoms with Gasteiger partial charge in [-0.1, -0.05) is 13.3 Å². The standard InChI is InChI=1S/C10H23NO2/c1-5-6-9(12)7-11-8(2)10(3,4)13/h8-9,11-13H,5-7H2,1-4H3. The molecule has 0 spiro atoms. The number of aliphatic hydroxyl groups excluding tert-OH is 1. The Hall–Kier alpha value is -0.120. The monoisotopic (exact) mass is 189 g/mol. The van der Waals surface area contributed by atoms with E-state index in [-0.39, 0.29) is 12.1 Å². The first-order valence-corrected chi connectivity index (χ1v) is 5.01. The molecule has 0 saturated carbocycles. The Labute approximate surface area is 81.2 Å². The van der Waals surface area contributed by atoms with Gasteiger partial charge in [0.2, 0.25) is 0 Å². The van der Waals surface area contributed by atoms with Gasteiger partial charge in [0.15, 0.2) is 0 Å². The van der Waals surface area contributed by atoms with Crippen LogP contribution in [0.5, 0.6) is 0 Å². The molecule has 2 atom stereocenters. The maximum absolute atomic E-state index is 9.58. The molecule has 80 valence electrons. The fourth-order valence-corrected chi connectivity index (χ4v) is 0.998. The maximum Gasteiger partial charge on any atom is 0.0741 e. The summed E-state index contributed by atoms with van der Waals surface area (Å²) in [4.78, 5) is 0. The number of hydrogen-bond donors (Lipinski definition) is 3. The van der Waals surface area contributed by atoms with Gasteiger partial charge in [-0.15, -0.1) is 0 Å². The molecule has 0 aliphatic heterocycles. The zero-order valence-electron chi connectivity index (χ0n) is 9.17. The van der Waals surface area contributed by atoms with E-state index in [0.29, 0.717) is 6.54 Å². The molecule has 0 aromatic carbocycles. The molecule has 3 heteroatoms. The molecule has 0 radical (unpaired) electrons. The Balaban J connectivity index is 3.63. The fraction of sp³-hybridized carbons (Fsp3) is 1.00. The van der Waals surface area contributed by atoms with Crippen molar-refractivity contribution in [2.24, 2.45) is 0 Å². The highest BCUT2D eigenvalue weighted by Crippen LogP contribution is 2.07. The van der Waals surface area contributed by atoms with E-state index in [1.54, 1.807) is 13.8 Å². The normalized spacial score (nSPS) is 17.1. The molecular weight excluding hydrogens is 166 g/mol. The number of rotatable bonds is 6. The Morgan fingerprint density at radius 3 is 2.31 bits per heavy atom. The summed E-state index contributed by atoms with van der Waals surface area (Å²) >= 11 is 0. The van der Waals surface area contributed by atoms with Gasteiger partial charge >= 0.3 is 0 Å². The van der Waals surface area contributed by atoms with Crippen LogP contribution in [-0.4, -0.2) is 34.5 Å². The molecular formula is C10H23NO2. The van der Waals surface area contributed by atoms with Gasteiger partial charge in [-0.3, -0.25) is 0 Å². The van der Waals surface area contributed by atoms with Crippen molar-refractivity contribution in [1.29, 1.82) is 0 Å². The number of aliphatic hydroxyl groups is 2. The highest BCUT2D eigenvalue weighted by atomic mass is 16.3. The second-order valence-corrected chi connectivity index (χ2v) is 4.23. The predicted octanol–water partition coefficient (Wildman–Crippen LogP) is 0.896. The lowest BCUT2D eigenvalue weighted by Crippen LogP contribution is -2.46. The lowest BCUT2D eigenvalue weighted by Gasteiger charge is -2.27. The van der Waals surface area contributed by atoms with Gasteiger partial charge in [0, 0.05) is 12.6 Å². The predicted molar refractivity (Wildman–Crippen MR) is 54.7 cm³/mol. The highest BCUT2D eigenvalue weighted by Gasteiger charge is 2.21. The van der Waals surface area contributed by atoms with Crippen molar-refractivity contribution >= 4 is 0 Å². The molecule has 0 heterocycles. The van der Waals surface area contributed by atoms with Crippen molar-refractivity contribution in [1.82, 2.24) is 5.32 Å². The van der Waals surface area contributed by atoms with E-state index >= 15 is 0 Å². The first-order chi connectivity index (χ1) is 5.88. The van der Waals surface area contributed by atoms with Crippen molar-refractivity contribution in [3.8, 4) is 0 Å². The van der Waals surface area contributed by atoms with E-state index in [1.807, 2.05) is 13.8 Å². The van der Waals surface area contributed by atoms with Gasteiger partial charge in [0.05, 0.1) is 11.7 Å². The average Bonchev–Trinajstić information content (AvgIpc) is 1.99. The van der Waals surface area contributed by atoms with E-state index in [1.165, 1.54) is 0 Å². The van der Waals surface area contributed by atoms with Gasteiger partial charge in [0.1, 0.15) is 0 Å². The third-order valence-corrected chi connectivity index (χ3v) is 2.34. The van der Waals surface area contributed by atoms with Crippen LogP contribution < -0.4 is 5.32 Å².